The van der Waals surface area contributed by atoms with E-state index >= 15 is 0 Å². The van der Waals surface area contributed by atoms with Crippen molar-refractivity contribution >= 4 is 11.1 Å². The van der Waals surface area contributed by atoms with E-state index in [1.165, 1.54) is 0 Å². The van der Waals surface area contributed by atoms with Gasteiger partial charge in [0.2, 0.25) is 0 Å². The van der Waals surface area contributed by atoms with Gasteiger partial charge >= 0.3 is 5.76 Å². The molecule has 6 heteroatoms. The van der Waals surface area contributed by atoms with Crippen LogP contribution in [0.4, 0.5) is 0 Å². The van der Waals surface area contributed by atoms with Gasteiger partial charge in [-0.05, 0) is 19.1 Å². The highest BCUT2D eigenvalue weighted by molar-refractivity contribution is 5.79. The number of aryl methyl sites for hydroxylation is 1. The second kappa shape index (κ2) is 4.07. The number of fused-ring (bicyclic) bond motifs is 1. The predicted molar refractivity (Wildman–Crippen MR) is 67.3 cm³/mol. The molecule has 0 saturated heterocycles. The minimum Gasteiger partial charge on any atom is -0.408 e. The van der Waals surface area contributed by atoms with Crippen molar-refractivity contribution in [3.05, 3.63) is 46.3 Å². The minimum absolute atomic E-state index is 0.304. The van der Waals surface area contributed by atoms with Crippen molar-refractivity contribution in [1.82, 2.24) is 15.0 Å². The van der Waals surface area contributed by atoms with Crippen LogP contribution in [0.3, 0.4) is 0 Å². The molecule has 0 radical (unpaired) electrons. The second-order valence-corrected chi connectivity index (χ2v) is 4.02. The van der Waals surface area contributed by atoms with Crippen LogP contribution >= 0.6 is 0 Å². The second-order valence-electron chi connectivity index (χ2n) is 4.02. The third kappa shape index (κ3) is 1.98. The normalized spacial score (nSPS) is 10.5. The SMILES string of the molecule is Cc1nc(C#N)cc(-c2ccc3[nH]c(=O)oc3c2)n1. The molecule has 0 unspecified atom stereocenters. The lowest BCUT2D eigenvalue weighted by molar-refractivity contribution is 0.555. The van der Waals surface area contributed by atoms with Gasteiger partial charge in [-0.2, -0.15) is 5.26 Å². The smallest absolute Gasteiger partial charge is 0.408 e. The molecule has 2 aromatic heterocycles. The molecule has 3 rings (SSSR count). The van der Waals surface area contributed by atoms with Crippen molar-refractivity contribution in [2.75, 3.05) is 0 Å². The molecule has 6 nitrogen and oxygen atoms in total. The number of nitrogens with zero attached hydrogens (tertiary/aromatic N) is 3. The van der Waals surface area contributed by atoms with Crippen LogP contribution in [0.2, 0.25) is 0 Å². The number of rotatable bonds is 1. The number of aromatic amines is 1. The summed E-state index contributed by atoms with van der Waals surface area (Å²) in [6.45, 7) is 1.72. The summed E-state index contributed by atoms with van der Waals surface area (Å²) in [7, 11) is 0. The Labute approximate surface area is 107 Å². The quantitative estimate of drug-likeness (QED) is 0.711. The van der Waals surface area contributed by atoms with Crippen LogP contribution in [0.15, 0.2) is 33.5 Å². The highest BCUT2D eigenvalue weighted by atomic mass is 16.4. The molecule has 1 N–H and O–H groups in total. The number of hydrogen-bond donors (Lipinski definition) is 1. The Bertz CT molecular complexity index is 870. The summed E-state index contributed by atoms with van der Waals surface area (Å²) in [4.78, 5) is 21.9. The first-order chi connectivity index (χ1) is 9.15. The molecule has 3 aromatic rings. The summed E-state index contributed by atoms with van der Waals surface area (Å²) >= 11 is 0. The Morgan fingerprint density at radius 3 is 2.95 bits per heavy atom. The topological polar surface area (TPSA) is 95.6 Å². The Morgan fingerprint density at radius 1 is 1.32 bits per heavy atom. The lowest BCUT2D eigenvalue weighted by Crippen LogP contribution is -1.94. The van der Waals surface area contributed by atoms with Crippen LogP contribution in [0.25, 0.3) is 22.4 Å². The van der Waals surface area contributed by atoms with Crippen molar-refractivity contribution in [2.24, 2.45) is 0 Å². The maximum atomic E-state index is 11.1. The molecule has 0 aliphatic heterocycles. The van der Waals surface area contributed by atoms with Gasteiger partial charge in [-0.15, -0.1) is 0 Å². The number of H-pyrrole nitrogens is 1. The van der Waals surface area contributed by atoms with E-state index < -0.39 is 5.76 Å². The van der Waals surface area contributed by atoms with Crippen LogP contribution < -0.4 is 5.76 Å². The van der Waals surface area contributed by atoms with E-state index in [-0.39, 0.29) is 0 Å². The molecule has 92 valence electrons. The molecule has 1 aromatic carbocycles. The Hall–Kier alpha value is -2.94. The van der Waals surface area contributed by atoms with Crippen LogP contribution in [0, 0.1) is 18.3 Å². The van der Waals surface area contributed by atoms with Gasteiger partial charge in [-0.3, -0.25) is 4.98 Å². The maximum Gasteiger partial charge on any atom is 0.417 e. The zero-order chi connectivity index (χ0) is 13.4. The fourth-order valence-corrected chi connectivity index (χ4v) is 1.88. The number of aromatic nitrogens is 3. The molecular formula is C13H8N4O2. The molecule has 0 atom stereocenters. The molecule has 0 saturated carbocycles. The van der Waals surface area contributed by atoms with E-state index in [1.54, 1.807) is 31.2 Å². The molecular weight excluding hydrogens is 244 g/mol. The van der Waals surface area contributed by atoms with Crippen LogP contribution in [-0.4, -0.2) is 15.0 Å². The molecule has 2 heterocycles. The molecule has 0 spiro atoms. The van der Waals surface area contributed by atoms with Gasteiger partial charge in [-0.25, -0.2) is 14.8 Å². The number of oxazole rings is 1. The molecule has 0 aliphatic carbocycles. The summed E-state index contributed by atoms with van der Waals surface area (Å²) in [6, 6.07) is 8.83. The van der Waals surface area contributed by atoms with Crippen LogP contribution in [0.5, 0.6) is 0 Å². The zero-order valence-corrected chi connectivity index (χ0v) is 9.97. The first-order valence-electron chi connectivity index (χ1n) is 5.55. The molecule has 19 heavy (non-hydrogen) atoms. The summed E-state index contributed by atoms with van der Waals surface area (Å²) in [6.07, 6.45) is 0. The lowest BCUT2D eigenvalue weighted by atomic mass is 10.1. The average molecular weight is 252 g/mol. The van der Waals surface area contributed by atoms with Gasteiger partial charge in [0, 0.05) is 11.6 Å². The standard InChI is InChI=1S/C13H8N4O2/c1-7-15-9(6-14)5-11(16-7)8-2-3-10-12(4-8)19-13(18)17-10/h2-5H,1H3,(H,17,18). The van der Waals surface area contributed by atoms with E-state index in [0.717, 1.165) is 5.56 Å². The number of nitrogens with one attached hydrogen (secondary N) is 1. The number of nitriles is 1. The minimum atomic E-state index is -0.497. The maximum absolute atomic E-state index is 11.1. The number of hydrogen-bond acceptors (Lipinski definition) is 5. The highest BCUT2D eigenvalue weighted by Gasteiger charge is 2.07. The first kappa shape index (κ1) is 11.2. The van der Waals surface area contributed by atoms with Crippen molar-refractivity contribution in [2.45, 2.75) is 6.92 Å². The van der Waals surface area contributed by atoms with Gasteiger partial charge in [0.15, 0.2) is 5.58 Å². The van der Waals surface area contributed by atoms with Gasteiger partial charge in [0.05, 0.1) is 11.2 Å². The van der Waals surface area contributed by atoms with Crippen LogP contribution in [-0.2, 0) is 0 Å². The third-order valence-corrected chi connectivity index (χ3v) is 2.67. The fourth-order valence-electron chi connectivity index (χ4n) is 1.88. The fraction of sp³-hybridized carbons (Fsp3) is 0.0769. The van der Waals surface area contributed by atoms with Crippen molar-refractivity contribution in [1.29, 1.82) is 5.26 Å². The average Bonchev–Trinajstić information content (AvgIpc) is 2.76. The van der Waals surface area contributed by atoms with Gasteiger partial charge in [0.1, 0.15) is 17.6 Å². The molecule has 0 amide bonds. The van der Waals surface area contributed by atoms with Crippen molar-refractivity contribution in [3.63, 3.8) is 0 Å². The highest BCUT2D eigenvalue weighted by Crippen LogP contribution is 2.22. The molecule has 0 fully saturated rings. The Morgan fingerprint density at radius 2 is 2.16 bits per heavy atom. The van der Waals surface area contributed by atoms with Gasteiger partial charge in [-0.1, -0.05) is 6.07 Å². The van der Waals surface area contributed by atoms with E-state index in [9.17, 15) is 4.79 Å². The summed E-state index contributed by atoms with van der Waals surface area (Å²) in [5, 5.41) is 8.90. The lowest BCUT2D eigenvalue weighted by Gasteiger charge is -2.02. The van der Waals surface area contributed by atoms with E-state index in [0.29, 0.717) is 28.3 Å². The van der Waals surface area contributed by atoms with Gasteiger partial charge < -0.3 is 4.42 Å². The summed E-state index contributed by atoms with van der Waals surface area (Å²) in [5.74, 6) is 0.0217. The van der Waals surface area contributed by atoms with E-state index in [4.69, 9.17) is 9.68 Å². The Kier molecular flexibility index (Phi) is 2.39. The largest absolute Gasteiger partial charge is 0.417 e. The van der Waals surface area contributed by atoms with Crippen molar-refractivity contribution < 1.29 is 4.42 Å². The van der Waals surface area contributed by atoms with E-state index in [1.807, 2.05) is 6.07 Å². The number of benzene rings is 1. The van der Waals surface area contributed by atoms with Crippen molar-refractivity contribution in [3.8, 4) is 17.3 Å². The Balaban J connectivity index is 2.21. The van der Waals surface area contributed by atoms with E-state index in [2.05, 4.69) is 15.0 Å². The van der Waals surface area contributed by atoms with Gasteiger partial charge in [0.25, 0.3) is 0 Å². The molecule has 0 aliphatic rings. The predicted octanol–water partition coefficient (Wildman–Crippen LogP) is 1.76. The third-order valence-electron chi connectivity index (χ3n) is 2.67. The monoisotopic (exact) mass is 252 g/mol. The first-order valence-corrected chi connectivity index (χ1v) is 5.55. The summed E-state index contributed by atoms with van der Waals surface area (Å²) < 4.78 is 5.00. The van der Waals surface area contributed by atoms with Crippen LogP contribution in [0.1, 0.15) is 11.5 Å². The zero-order valence-electron chi connectivity index (χ0n) is 9.97. The molecule has 0 bridgehead atoms. The summed E-state index contributed by atoms with van der Waals surface area (Å²) in [5.41, 5.74) is 2.77.